The Hall–Kier alpha value is -1.55. The van der Waals surface area contributed by atoms with Gasteiger partial charge in [0.1, 0.15) is 0 Å². The lowest BCUT2D eigenvalue weighted by molar-refractivity contribution is -0.141. The molecular weight excluding hydrogens is 314 g/mol. The van der Waals surface area contributed by atoms with Crippen LogP contribution >= 0.6 is 11.6 Å². The molecule has 2 aliphatic rings. The predicted molar refractivity (Wildman–Crippen MR) is 88.5 cm³/mol. The maximum Gasteiger partial charge on any atom is 0.308 e. The molecule has 1 amide bonds. The summed E-state index contributed by atoms with van der Waals surface area (Å²) in [6, 6.07) is 7.29. The number of hydrogen-bond acceptors (Lipinski definition) is 2. The van der Waals surface area contributed by atoms with Gasteiger partial charge in [-0.1, -0.05) is 36.6 Å². The number of hydrogen-bond donors (Lipinski definition) is 1. The van der Waals surface area contributed by atoms with Gasteiger partial charge in [-0.3, -0.25) is 9.59 Å². The fourth-order valence-corrected chi connectivity index (χ4v) is 4.02. The molecule has 4 nitrogen and oxygen atoms in total. The molecule has 1 aliphatic heterocycles. The number of halogens is 1. The van der Waals surface area contributed by atoms with Crippen molar-refractivity contribution in [3.05, 3.63) is 34.9 Å². The average molecular weight is 336 g/mol. The van der Waals surface area contributed by atoms with Gasteiger partial charge in [0.2, 0.25) is 5.91 Å². The molecule has 0 bridgehead atoms. The summed E-state index contributed by atoms with van der Waals surface area (Å²) < 4.78 is 0. The van der Waals surface area contributed by atoms with Crippen molar-refractivity contribution >= 4 is 23.5 Å². The molecule has 0 radical (unpaired) electrons. The smallest absolute Gasteiger partial charge is 0.308 e. The second-order valence-electron chi connectivity index (χ2n) is 6.76. The van der Waals surface area contributed by atoms with Gasteiger partial charge >= 0.3 is 5.97 Å². The molecule has 0 unspecified atom stereocenters. The molecule has 5 heteroatoms. The monoisotopic (exact) mass is 335 g/mol. The van der Waals surface area contributed by atoms with Crippen molar-refractivity contribution in [3.63, 3.8) is 0 Å². The molecule has 0 spiro atoms. The summed E-state index contributed by atoms with van der Waals surface area (Å²) in [6.07, 6.45) is 5.25. The van der Waals surface area contributed by atoms with Crippen LogP contribution in [0.1, 0.15) is 43.6 Å². The molecule has 3 rings (SSSR count). The third-order valence-corrected chi connectivity index (χ3v) is 5.48. The Morgan fingerprint density at radius 1 is 1.13 bits per heavy atom. The van der Waals surface area contributed by atoms with Crippen LogP contribution in [0.15, 0.2) is 24.3 Å². The fourth-order valence-electron chi connectivity index (χ4n) is 3.90. The van der Waals surface area contributed by atoms with Crippen molar-refractivity contribution in [1.29, 1.82) is 0 Å². The van der Waals surface area contributed by atoms with Crippen LogP contribution in [0, 0.1) is 11.8 Å². The predicted octanol–water partition coefficient (Wildman–Crippen LogP) is 3.55. The molecule has 2 atom stereocenters. The van der Waals surface area contributed by atoms with E-state index in [0.29, 0.717) is 30.5 Å². The Kier molecular flexibility index (Phi) is 4.90. The summed E-state index contributed by atoms with van der Waals surface area (Å²) in [6.45, 7) is 0.804. The lowest BCUT2D eigenvalue weighted by Crippen LogP contribution is -2.31. The highest BCUT2D eigenvalue weighted by molar-refractivity contribution is 6.30. The van der Waals surface area contributed by atoms with Crippen LogP contribution in [-0.4, -0.2) is 35.0 Å². The molecule has 1 aliphatic carbocycles. The van der Waals surface area contributed by atoms with Crippen molar-refractivity contribution < 1.29 is 14.7 Å². The number of carbonyl (C=O) groups is 2. The summed E-state index contributed by atoms with van der Waals surface area (Å²) in [5, 5.41) is 10.2. The zero-order chi connectivity index (χ0) is 16.4. The molecule has 124 valence electrons. The SMILES string of the molecule is O=C(O)[C@@H]1CN(C(=O)CC2CCCC2)C[C@H]1c1ccc(Cl)cc1. The van der Waals surface area contributed by atoms with Gasteiger partial charge in [0.25, 0.3) is 0 Å². The molecule has 1 saturated heterocycles. The number of carboxylic acids is 1. The first kappa shape index (κ1) is 16.3. The summed E-state index contributed by atoms with van der Waals surface area (Å²) in [7, 11) is 0. The van der Waals surface area contributed by atoms with Gasteiger partial charge in [0.05, 0.1) is 5.92 Å². The third kappa shape index (κ3) is 3.69. The van der Waals surface area contributed by atoms with Crippen LogP contribution in [0.25, 0.3) is 0 Å². The Bertz CT molecular complexity index is 580. The van der Waals surface area contributed by atoms with Gasteiger partial charge in [-0.25, -0.2) is 0 Å². The van der Waals surface area contributed by atoms with Crippen molar-refractivity contribution in [2.24, 2.45) is 11.8 Å². The van der Waals surface area contributed by atoms with Crippen molar-refractivity contribution in [2.75, 3.05) is 13.1 Å². The maximum atomic E-state index is 12.5. The second-order valence-corrected chi connectivity index (χ2v) is 7.19. The van der Waals surface area contributed by atoms with Gasteiger partial charge in [-0.05, 0) is 36.5 Å². The van der Waals surface area contributed by atoms with Crippen LogP contribution < -0.4 is 0 Å². The molecule has 1 aromatic rings. The highest BCUT2D eigenvalue weighted by Crippen LogP contribution is 2.35. The van der Waals surface area contributed by atoms with Crippen LogP contribution in [0.4, 0.5) is 0 Å². The van der Waals surface area contributed by atoms with E-state index >= 15 is 0 Å². The van der Waals surface area contributed by atoms with Gasteiger partial charge in [-0.15, -0.1) is 0 Å². The van der Waals surface area contributed by atoms with Crippen molar-refractivity contribution in [1.82, 2.24) is 4.90 Å². The zero-order valence-corrected chi connectivity index (χ0v) is 13.8. The van der Waals surface area contributed by atoms with E-state index in [9.17, 15) is 14.7 Å². The van der Waals surface area contributed by atoms with Gasteiger partial charge in [0.15, 0.2) is 0 Å². The normalized spacial score (nSPS) is 25.0. The summed E-state index contributed by atoms with van der Waals surface area (Å²) >= 11 is 5.91. The van der Waals surface area contributed by atoms with Crippen molar-refractivity contribution in [2.45, 2.75) is 38.0 Å². The van der Waals surface area contributed by atoms with E-state index in [4.69, 9.17) is 11.6 Å². The van der Waals surface area contributed by atoms with E-state index in [1.807, 2.05) is 12.1 Å². The van der Waals surface area contributed by atoms with Gasteiger partial charge in [-0.2, -0.15) is 0 Å². The summed E-state index contributed by atoms with van der Waals surface area (Å²) in [5.74, 6) is -0.929. The van der Waals surface area contributed by atoms with E-state index in [1.165, 1.54) is 12.8 Å². The summed E-state index contributed by atoms with van der Waals surface area (Å²) in [4.78, 5) is 25.9. The first-order valence-corrected chi connectivity index (χ1v) is 8.68. The number of nitrogens with zero attached hydrogens (tertiary/aromatic N) is 1. The summed E-state index contributed by atoms with van der Waals surface area (Å²) in [5.41, 5.74) is 0.943. The molecule has 23 heavy (non-hydrogen) atoms. The lowest BCUT2D eigenvalue weighted by atomic mass is 9.89. The zero-order valence-electron chi connectivity index (χ0n) is 13.1. The second kappa shape index (κ2) is 6.91. The Morgan fingerprint density at radius 3 is 2.39 bits per heavy atom. The minimum Gasteiger partial charge on any atom is -0.481 e. The topological polar surface area (TPSA) is 57.6 Å². The molecule has 2 fully saturated rings. The van der Waals surface area contributed by atoms with Crippen molar-refractivity contribution in [3.8, 4) is 0 Å². The minimum atomic E-state index is -0.832. The lowest BCUT2D eigenvalue weighted by Gasteiger charge is -2.18. The number of carbonyl (C=O) groups excluding carboxylic acids is 1. The quantitative estimate of drug-likeness (QED) is 0.915. The number of likely N-dealkylation sites (tertiary alicyclic amines) is 1. The van der Waals surface area contributed by atoms with Crippen LogP contribution in [0.2, 0.25) is 5.02 Å². The minimum absolute atomic E-state index is 0.111. The van der Waals surface area contributed by atoms with E-state index in [2.05, 4.69) is 0 Å². The highest BCUT2D eigenvalue weighted by atomic mass is 35.5. The number of benzene rings is 1. The highest BCUT2D eigenvalue weighted by Gasteiger charge is 2.40. The van der Waals surface area contributed by atoms with E-state index in [1.54, 1.807) is 17.0 Å². The molecular formula is C18H22ClNO3. The Labute approximate surface area is 141 Å². The number of carboxylic acid groups (broad SMARTS) is 1. The molecule has 1 heterocycles. The molecule has 1 N–H and O–H groups in total. The Morgan fingerprint density at radius 2 is 1.78 bits per heavy atom. The van der Waals surface area contributed by atoms with E-state index < -0.39 is 11.9 Å². The number of rotatable bonds is 4. The number of amides is 1. The van der Waals surface area contributed by atoms with Crippen LogP contribution in [0.3, 0.4) is 0 Å². The first-order valence-electron chi connectivity index (χ1n) is 8.30. The van der Waals surface area contributed by atoms with Crippen LogP contribution in [-0.2, 0) is 9.59 Å². The molecule has 0 aromatic heterocycles. The number of aliphatic carboxylic acids is 1. The molecule has 1 aromatic carbocycles. The standard InChI is InChI=1S/C18H22ClNO3/c19-14-7-5-13(6-8-14)15-10-20(11-16(15)18(22)23)17(21)9-12-3-1-2-4-12/h5-8,12,15-16H,1-4,9-11H2,(H,22,23)/t15-,16+/m0/s1. The van der Waals surface area contributed by atoms with E-state index in [0.717, 1.165) is 18.4 Å². The maximum absolute atomic E-state index is 12.5. The first-order chi connectivity index (χ1) is 11.0. The van der Waals surface area contributed by atoms with E-state index in [-0.39, 0.29) is 11.8 Å². The third-order valence-electron chi connectivity index (χ3n) is 5.23. The fraction of sp³-hybridized carbons (Fsp3) is 0.556. The van der Waals surface area contributed by atoms with Crippen LogP contribution in [0.5, 0.6) is 0 Å². The average Bonchev–Trinajstić information content (AvgIpc) is 3.17. The Balaban J connectivity index is 1.71. The molecule has 1 saturated carbocycles. The van der Waals surface area contributed by atoms with Gasteiger partial charge < -0.3 is 10.0 Å². The largest absolute Gasteiger partial charge is 0.481 e. The van der Waals surface area contributed by atoms with Gasteiger partial charge in [0, 0.05) is 30.5 Å².